The van der Waals surface area contributed by atoms with Crippen molar-refractivity contribution in [3.05, 3.63) is 29.3 Å². The maximum Gasteiger partial charge on any atom is 0.193 e. The van der Waals surface area contributed by atoms with E-state index in [1.165, 1.54) is 36.8 Å². The minimum Gasteiger partial charge on any atom is -0.376 e. The fourth-order valence-corrected chi connectivity index (χ4v) is 3.06. The van der Waals surface area contributed by atoms with E-state index in [4.69, 9.17) is 10.5 Å². The summed E-state index contributed by atoms with van der Waals surface area (Å²) >= 11 is 0. The SMILES string of the molecule is COC1(CN=C(N)Nc2ccc3c(c2)CCC3)CCC1. The minimum atomic E-state index is -0.0652. The Kier molecular flexibility index (Phi) is 3.66. The first-order valence-corrected chi connectivity index (χ1v) is 7.45. The molecule has 3 rings (SSSR count). The quantitative estimate of drug-likeness (QED) is 0.654. The predicted octanol–water partition coefficient (Wildman–Crippen LogP) is 2.47. The Balaban J connectivity index is 1.62. The molecule has 0 radical (unpaired) electrons. The highest BCUT2D eigenvalue weighted by molar-refractivity contribution is 5.92. The number of benzene rings is 1. The molecule has 4 nitrogen and oxygen atoms in total. The maximum atomic E-state index is 5.97. The summed E-state index contributed by atoms with van der Waals surface area (Å²) < 4.78 is 5.54. The molecule has 1 fully saturated rings. The predicted molar refractivity (Wildman–Crippen MR) is 82.2 cm³/mol. The van der Waals surface area contributed by atoms with E-state index in [2.05, 4.69) is 28.5 Å². The molecule has 0 atom stereocenters. The van der Waals surface area contributed by atoms with Gasteiger partial charge in [0.15, 0.2) is 5.96 Å². The molecule has 0 spiro atoms. The number of ether oxygens (including phenoxy) is 1. The summed E-state index contributed by atoms with van der Waals surface area (Å²) in [6.45, 7) is 0.646. The third-order valence-electron chi connectivity index (χ3n) is 4.61. The Bertz CT molecular complexity index is 515. The lowest BCUT2D eigenvalue weighted by Gasteiger charge is -2.39. The van der Waals surface area contributed by atoms with Crippen molar-refractivity contribution in [1.82, 2.24) is 0 Å². The van der Waals surface area contributed by atoms with Crippen LogP contribution in [-0.2, 0) is 17.6 Å². The number of methoxy groups -OCH3 is 1. The highest BCUT2D eigenvalue weighted by Crippen LogP contribution is 2.35. The highest BCUT2D eigenvalue weighted by Gasteiger charge is 2.36. The molecule has 1 saturated carbocycles. The van der Waals surface area contributed by atoms with Crippen molar-refractivity contribution >= 4 is 11.6 Å². The van der Waals surface area contributed by atoms with Gasteiger partial charge in [0.05, 0.1) is 12.1 Å². The molecule has 3 N–H and O–H groups in total. The van der Waals surface area contributed by atoms with E-state index in [0.29, 0.717) is 12.5 Å². The average Bonchev–Trinajstić information content (AvgIpc) is 2.85. The van der Waals surface area contributed by atoms with Crippen LogP contribution < -0.4 is 11.1 Å². The van der Waals surface area contributed by atoms with Gasteiger partial charge in [0.25, 0.3) is 0 Å². The molecular formula is C16H23N3O. The maximum absolute atomic E-state index is 5.97. The number of guanidine groups is 1. The summed E-state index contributed by atoms with van der Waals surface area (Å²) in [7, 11) is 1.76. The fourth-order valence-electron chi connectivity index (χ4n) is 3.06. The molecule has 1 aromatic rings. The number of nitrogens with two attached hydrogens (primary N) is 1. The van der Waals surface area contributed by atoms with E-state index in [-0.39, 0.29) is 5.60 Å². The first kappa shape index (κ1) is 13.4. The van der Waals surface area contributed by atoms with E-state index in [9.17, 15) is 0 Å². The number of aryl methyl sites for hydroxylation is 2. The van der Waals surface area contributed by atoms with Crippen molar-refractivity contribution in [3.8, 4) is 0 Å². The van der Waals surface area contributed by atoms with Crippen LogP contribution in [0, 0.1) is 0 Å². The van der Waals surface area contributed by atoms with Crippen LogP contribution >= 0.6 is 0 Å². The molecule has 0 amide bonds. The lowest BCUT2D eigenvalue weighted by molar-refractivity contribution is -0.0629. The van der Waals surface area contributed by atoms with Crippen LogP contribution in [0.1, 0.15) is 36.8 Å². The van der Waals surface area contributed by atoms with Crippen molar-refractivity contribution in [2.45, 2.75) is 44.1 Å². The number of aliphatic imine (C=N–C) groups is 1. The van der Waals surface area contributed by atoms with E-state index in [1.807, 2.05) is 0 Å². The van der Waals surface area contributed by atoms with Crippen LogP contribution in [0.25, 0.3) is 0 Å². The number of hydrogen-bond donors (Lipinski definition) is 2. The van der Waals surface area contributed by atoms with Gasteiger partial charge in [-0.1, -0.05) is 6.07 Å². The molecule has 108 valence electrons. The molecule has 2 aliphatic carbocycles. The van der Waals surface area contributed by atoms with Gasteiger partial charge in [-0.05, 0) is 61.8 Å². The van der Waals surface area contributed by atoms with Gasteiger partial charge in [-0.3, -0.25) is 4.99 Å². The van der Waals surface area contributed by atoms with Crippen LogP contribution in [0.15, 0.2) is 23.2 Å². The smallest absolute Gasteiger partial charge is 0.193 e. The monoisotopic (exact) mass is 273 g/mol. The van der Waals surface area contributed by atoms with Gasteiger partial charge in [0.1, 0.15) is 0 Å². The Morgan fingerprint density at radius 1 is 1.30 bits per heavy atom. The van der Waals surface area contributed by atoms with E-state index < -0.39 is 0 Å². The normalized spacial score (nSPS) is 20.4. The fraction of sp³-hybridized carbons (Fsp3) is 0.562. The van der Waals surface area contributed by atoms with Crippen LogP contribution in [0.3, 0.4) is 0 Å². The molecule has 0 saturated heterocycles. The second-order valence-corrected chi connectivity index (χ2v) is 5.90. The van der Waals surface area contributed by atoms with Crippen LogP contribution in [0.4, 0.5) is 5.69 Å². The zero-order valence-electron chi connectivity index (χ0n) is 12.1. The van der Waals surface area contributed by atoms with Crippen LogP contribution in [0.2, 0.25) is 0 Å². The largest absolute Gasteiger partial charge is 0.376 e. The van der Waals surface area contributed by atoms with E-state index in [1.54, 1.807) is 7.11 Å². The standard InChI is InChI=1S/C16H23N3O/c1-20-16(8-3-9-16)11-18-15(17)19-14-7-6-12-4-2-5-13(12)10-14/h6-7,10H,2-5,8-9,11H2,1H3,(H3,17,18,19). The van der Waals surface area contributed by atoms with Gasteiger partial charge < -0.3 is 15.8 Å². The van der Waals surface area contributed by atoms with Gasteiger partial charge in [-0.15, -0.1) is 0 Å². The van der Waals surface area contributed by atoms with Gasteiger partial charge in [0, 0.05) is 12.8 Å². The Hall–Kier alpha value is -1.55. The average molecular weight is 273 g/mol. The van der Waals surface area contributed by atoms with Gasteiger partial charge in [-0.2, -0.15) is 0 Å². The molecule has 1 aromatic carbocycles. The first-order chi connectivity index (χ1) is 9.71. The molecule has 0 heterocycles. The topological polar surface area (TPSA) is 59.6 Å². The second kappa shape index (κ2) is 5.44. The summed E-state index contributed by atoms with van der Waals surface area (Å²) in [5.74, 6) is 0.478. The molecule has 0 bridgehead atoms. The Morgan fingerprint density at radius 2 is 2.10 bits per heavy atom. The number of fused-ring (bicyclic) bond motifs is 1. The summed E-state index contributed by atoms with van der Waals surface area (Å²) in [6, 6.07) is 6.47. The van der Waals surface area contributed by atoms with Gasteiger partial charge in [-0.25, -0.2) is 0 Å². The first-order valence-electron chi connectivity index (χ1n) is 7.45. The van der Waals surface area contributed by atoms with Crippen LogP contribution in [0.5, 0.6) is 0 Å². The Labute approximate surface area is 120 Å². The van der Waals surface area contributed by atoms with Gasteiger partial charge in [0.2, 0.25) is 0 Å². The van der Waals surface area contributed by atoms with Crippen molar-refractivity contribution in [2.24, 2.45) is 10.7 Å². The molecule has 0 unspecified atom stereocenters. The highest BCUT2D eigenvalue weighted by atomic mass is 16.5. The van der Waals surface area contributed by atoms with E-state index in [0.717, 1.165) is 18.5 Å². The summed E-state index contributed by atoms with van der Waals surface area (Å²) in [5, 5.41) is 3.19. The lowest BCUT2D eigenvalue weighted by atomic mass is 9.80. The summed E-state index contributed by atoms with van der Waals surface area (Å²) in [4.78, 5) is 4.44. The van der Waals surface area contributed by atoms with E-state index >= 15 is 0 Å². The molecule has 20 heavy (non-hydrogen) atoms. The van der Waals surface area contributed by atoms with Crippen molar-refractivity contribution in [2.75, 3.05) is 19.0 Å². The lowest BCUT2D eigenvalue weighted by Crippen LogP contribution is -2.43. The summed E-state index contributed by atoms with van der Waals surface area (Å²) in [5.41, 5.74) is 9.86. The number of anilines is 1. The van der Waals surface area contributed by atoms with Gasteiger partial charge >= 0.3 is 0 Å². The minimum absolute atomic E-state index is 0.0652. The number of rotatable bonds is 4. The van der Waals surface area contributed by atoms with Crippen molar-refractivity contribution < 1.29 is 4.74 Å². The zero-order chi connectivity index (χ0) is 14.0. The molecule has 4 heteroatoms. The molecular weight excluding hydrogens is 250 g/mol. The molecule has 0 aliphatic heterocycles. The Morgan fingerprint density at radius 3 is 2.80 bits per heavy atom. The third-order valence-corrected chi connectivity index (χ3v) is 4.61. The second-order valence-electron chi connectivity index (χ2n) is 5.90. The molecule has 2 aliphatic rings. The zero-order valence-corrected chi connectivity index (χ0v) is 12.1. The number of nitrogens with one attached hydrogen (secondary N) is 1. The number of hydrogen-bond acceptors (Lipinski definition) is 2. The van der Waals surface area contributed by atoms with Crippen molar-refractivity contribution in [3.63, 3.8) is 0 Å². The third kappa shape index (κ3) is 2.66. The van der Waals surface area contributed by atoms with Crippen LogP contribution in [-0.4, -0.2) is 25.2 Å². The number of nitrogens with zero attached hydrogens (tertiary/aromatic N) is 1. The molecule has 0 aromatic heterocycles. The van der Waals surface area contributed by atoms with Crippen molar-refractivity contribution in [1.29, 1.82) is 0 Å². The summed E-state index contributed by atoms with van der Waals surface area (Å²) in [6.07, 6.45) is 7.03.